The van der Waals surface area contributed by atoms with Crippen molar-refractivity contribution in [1.82, 2.24) is 4.98 Å². The van der Waals surface area contributed by atoms with Gasteiger partial charge in [0.2, 0.25) is 0 Å². The van der Waals surface area contributed by atoms with Crippen molar-refractivity contribution in [1.29, 1.82) is 5.26 Å². The lowest BCUT2D eigenvalue weighted by Crippen LogP contribution is -2.08. The van der Waals surface area contributed by atoms with Crippen LogP contribution in [0.25, 0.3) is 0 Å². The Morgan fingerprint density at radius 2 is 2.27 bits per heavy atom. The zero-order valence-electron chi connectivity index (χ0n) is 7.67. The third-order valence-corrected chi connectivity index (χ3v) is 3.18. The maximum Gasteiger partial charge on any atom is 0.266 e. The first-order valence-corrected chi connectivity index (χ1v) is 5.21. The van der Waals surface area contributed by atoms with Gasteiger partial charge in [-0.1, -0.05) is 0 Å². The number of aromatic nitrogens is 1. The quantitative estimate of drug-likeness (QED) is 0.867. The molecular formula is C9H8F2IN3. The fraction of sp³-hybridized carbons (Fsp3) is 0.333. The second kappa shape index (κ2) is 5.32. The summed E-state index contributed by atoms with van der Waals surface area (Å²) in [5, 5.41) is 8.58. The highest BCUT2D eigenvalue weighted by molar-refractivity contribution is 14.1. The van der Waals surface area contributed by atoms with Crippen molar-refractivity contribution in [2.24, 2.45) is 5.73 Å². The molecule has 6 heteroatoms. The summed E-state index contributed by atoms with van der Waals surface area (Å²) in [6.07, 6.45) is -1.40. The molecule has 0 aliphatic heterocycles. The molecule has 1 heterocycles. The SMILES string of the molecule is N#CCc1c(CN)ncc(C(F)F)c1I. The van der Waals surface area contributed by atoms with Crippen LogP contribution in [-0.2, 0) is 13.0 Å². The molecule has 0 spiro atoms. The highest BCUT2D eigenvalue weighted by atomic mass is 127. The summed E-state index contributed by atoms with van der Waals surface area (Å²) in [4.78, 5) is 3.84. The molecule has 1 aromatic heterocycles. The first-order valence-electron chi connectivity index (χ1n) is 4.13. The monoisotopic (exact) mass is 323 g/mol. The Morgan fingerprint density at radius 1 is 1.60 bits per heavy atom. The smallest absolute Gasteiger partial charge is 0.266 e. The van der Waals surface area contributed by atoms with E-state index in [0.29, 0.717) is 14.8 Å². The highest BCUT2D eigenvalue weighted by Gasteiger charge is 2.17. The van der Waals surface area contributed by atoms with Gasteiger partial charge in [-0.15, -0.1) is 0 Å². The highest BCUT2D eigenvalue weighted by Crippen LogP contribution is 2.27. The van der Waals surface area contributed by atoms with Crippen molar-refractivity contribution in [3.63, 3.8) is 0 Å². The van der Waals surface area contributed by atoms with Gasteiger partial charge in [0.15, 0.2) is 0 Å². The Balaban J connectivity index is 3.30. The van der Waals surface area contributed by atoms with E-state index in [9.17, 15) is 8.78 Å². The summed E-state index contributed by atoms with van der Waals surface area (Å²) < 4.78 is 25.4. The summed E-state index contributed by atoms with van der Waals surface area (Å²) in [7, 11) is 0. The maximum absolute atomic E-state index is 12.5. The minimum absolute atomic E-state index is 0.0539. The molecule has 0 amide bonds. The lowest BCUT2D eigenvalue weighted by molar-refractivity contribution is 0.150. The Hall–Kier alpha value is -0.810. The molecule has 0 radical (unpaired) electrons. The van der Waals surface area contributed by atoms with Crippen molar-refractivity contribution < 1.29 is 8.78 Å². The van der Waals surface area contributed by atoms with Crippen LogP contribution in [-0.4, -0.2) is 4.98 Å². The van der Waals surface area contributed by atoms with E-state index in [4.69, 9.17) is 11.0 Å². The number of rotatable bonds is 3. The van der Waals surface area contributed by atoms with Crippen LogP contribution >= 0.6 is 22.6 Å². The average Bonchev–Trinajstić information content (AvgIpc) is 2.20. The molecule has 0 fully saturated rings. The van der Waals surface area contributed by atoms with Gasteiger partial charge in [0, 0.05) is 27.4 Å². The van der Waals surface area contributed by atoms with E-state index in [2.05, 4.69) is 4.98 Å². The van der Waals surface area contributed by atoms with Gasteiger partial charge in [0.1, 0.15) is 0 Å². The number of halogens is 3. The molecule has 0 aliphatic carbocycles. The van der Waals surface area contributed by atoms with E-state index in [1.54, 1.807) is 22.6 Å². The molecule has 80 valence electrons. The molecule has 0 atom stereocenters. The summed E-state index contributed by atoms with van der Waals surface area (Å²) in [6, 6.07) is 1.92. The number of alkyl halides is 2. The van der Waals surface area contributed by atoms with Crippen LogP contribution in [0.15, 0.2) is 6.20 Å². The van der Waals surface area contributed by atoms with Gasteiger partial charge < -0.3 is 5.73 Å². The molecule has 0 bridgehead atoms. The topological polar surface area (TPSA) is 62.7 Å². The largest absolute Gasteiger partial charge is 0.325 e. The van der Waals surface area contributed by atoms with Crippen LogP contribution in [0, 0.1) is 14.9 Å². The van der Waals surface area contributed by atoms with Crippen LogP contribution in [0.4, 0.5) is 8.78 Å². The third-order valence-electron chi connectivity index (χ3n) is 1.91. The van der Waals surface area contributed by atoms with Crippen molar-refractivity contribution in [2.75, 3.05) is 0 Å². The average molecular weight is 323 g/mol. The Bertz CT molecular complexity index is 401. The van der Waals surface area contributed by atoms with Gasteiger partial charge in [-0.05, 0) is 22.6 Å². The molecule has 15 heavy (non-hydrogen) atoms. The standard InChI is InChI=1S/C9H8F2IN3/c10-9(11)6-4-15-7(3-14)5(1-2-13)8(6)12/h4,9H,1,3,14H2. The van der Waals surface area contributed by atoms with E-state index in [1.165, 1.54) is 0 Å². The number of hydrogen-bond acceptors (Lipinski definition) is 3. The van der Waals surface area contributed by atoms with Gasteiger partial charge in [-0.2, -0.15) is 5.26 Å². The lowest BCUT2D eigenvalue weighted by atomic mass is 10.1. The Labute approximate surface area is 99.4 Å². The first kappa shape index (κ1) is 12.3. The number of nitrogens with zero attached hydrogens (tertiary/aromatic N) is 2. The van der Waals surface area contributed by atoms with Gasteiger partial charge >= 0.3 is 0 Å². The number of pyridine rings is 1. The molecular weight excluding hydrogens is 315 g/mol. The predicted octanol–water partition coefficient (Wildman–Crippen LogP) is 2.15. The molecule has 1 rings (SSSR count). The fourth-order valence-corrected chi connectivity index (χ4v) is 2.05. The van der Waals surface area contributed by atoms with Gasteiger partial charge in [-0.3, -0.25) is 4.98 Å². The van der Waals surface area contributed by atoms with Crippen LogP contribution in [0.3, 0.4) is 0 Å². The second-order valence-corrected chi connectivity index (χ2v) is 3.87. The molecule has 0 unspecified atom stereocenters. The van der Waals surface area contributed by atoms with Crippen molar-refractivity contribution >= 4 is 22.6 Å². The molecule has 0 saturated carbocycles. The molecule has 2 N–H and O–H groups in total. The van der Waals surface area contributed by atoms with E-state index in [1.807, 2.05) is 6.07 Å². The zero-order chi connectivity index (χ0) is 11.4. The van der Waals surface area contributed by atoms with Crippen LogP contribution in [0.5, 0.6) is 0 Å². The second-order valence-electron chi connectivity index (χ2n) is 2.79. The zero-order valence-corrected chi connectivity index (χ0v) is 9.83. The van der Waals surface area contributed by atoms with Gasteiger partial charge in [-0.25, -0.2) is 8.78 Å². The van der Waals surface area contributed by atoms with Crippen molar-refractivity contribution in [3.05, 3.63) is 26.6 Å². The molecule has 0 aliphatic rings. The van der Waals surface area contributed by atoms with E-state index < -0.39 is 6.43 Å². The van der Waals surface area contributed by atoms with Crippen LogP contribution in [0.2, 0.25) is 0 Å². The minimum atomic E-state index is -2.58. The van der Waals surface area contributed by atoms with E-state index in [-0.39, 0.29) is 18.5 Å². The van der Waals surface area contributed by atoms with Gasteiger partial charge in [0.25, 0.3) is 6.43 Å². The number of nitrogens with two attached hydrogens (primary N) is 1. The van der Waals surface area contributed by atoms with Crippen LogP contribution < -0.4 is 5.73 Å². The normalized spacial score (nSPS) is 10.4. The lowest BCUT2D eigenvalue weighted by Gasteiger charge is -2.10. The predicted molar refractivity (Wildman–Crippen MR) is 59.1 cm³/mol. The van der Waals surface area contributed by atoms with Crippen LogP contribution in [0.1, 0.15) is 23.2 Å². The van der Waals surface area contributed by atoms with E-state index in [0.717, 1.165) is 6.20 Å². The van der Waals surface area contributed by atoms with E-state index >= 15 is 0 Å². The fourth-order valence-electron chi connectivity index (χ4n) is 1.17. The summed E-state index contributed by atoms with van der Waals surface area (Å²) in [6.45, 7) is 0.149. The summed E-state index contributed by atoms with van der Waals surface area (Å²) in [5.74, 6) is 0. The van der Waals surface area contributed by atoms with Crippen molar-refractivity contribution in [2.45, 2.75) is 19.4 Å². The number of hydrogen-bond donors (Lipinski definition) is 1. The first-order chi connectivity index (χ1) is 7.11. The molecule has 0 saturated heterocycles. The summed E-state index contributed by atoms with van der Waals surface area (Å²) >= 11 is 1.80. The molecule has 1 aromatic rings. The summed E-state index contributed by atoms with van der Waals surface area (Å²) in [5.41, 5.74) is 6.29. The van der Waals surface area contributed by atoms with Crippen molar-refractivity contribution in [3.8, 4) is 6.07 Å². The third kappa shape index (κ3) is 2.60. The molecule has 0 aromatic carbocycles. The Kier molecular flexibility index (Phi) is 4.35. The number of nitriles is 1. The Morgan fingerprint density at radius 3 is 2.73 bits per heavy atom. The minimum Gasteiger partial charge on any atom is -0.325 e. The molecule has 3 nitrogen and oxygen atoms in total. The van der Waals surface area contributed by atoms with Gasteiger partial charge in [0.05, 0.1) is 18.2 Å². The maximum atomic E-state index is 12.5.